The van der Waals surface area contributed by atoms with E-state index < -0.39 is 0 Å². The van der Waals surface area contributed by atoms with Crippen LogP contribution in [0.25, 0.3) is 11.3 Å². The van der Waals surface area contributed by atoms with Crippen molar-refractivity contribution in [1.29, 1.82) is 0 Å². The van der Waals surface area contributed by atoms with Gasteiger partial charge in [-0.3, -0.25) is 4.79 Å². The van der Waals surface area contributed by atoms with Gasteiger partial charge in [0.2, 0.25) is 5.91 Å². The van der Waals surface area contributed by atoms with Crippen LogP contribution >= 0.6 is 0 Å². The molecule has 1 atom stereocenters. The zero-order valence-corrected chi connectivity index (χ0v) is 12.9. The second-order valence-corrected chi connectivity index (χ2v) is 5.43. The van der Waals surface area contributed by atoms with E-state index in [1.807, 2.05) is 73.7 Å². The maximum Gasteiger partial charge on any atom is 0.226 e. The van der Waals surface area contributed by atoms with Crippen LogP contribution in [-0.2, 0) is 11.2 Å². The number of rotatable bonds is 5. The first-order valence-corrected chi connectivity index (χ1v) is 7.57. The van der Waals surface area contributed by atoms with Gasteiger partial charge in [0.05, 0.1) is 18.2 Å². The first-order chi connectivity index (χ1) is 11.2. The Morgan fingerprint density at radius 1 is 1.09 bits per heavy atom. The first-order valence-electron chi connectivity index (χ1n) is 7.57. The summed E-state index contributed by atoms with van der Waals surface area (Å²) in [6, 6.07) is 21.3. The summed E-state index contributed by atoms with van der Waals surface area (Å²) in [5.74, 6) is 0.596. The van der Waals surface area contributed by atoms with Gasteiger partial charge in [-0.1, -0.05) is 65.8 Å². The van der Waals surface area contributed by atoms with Crippen LogP contribution in [0.3, 0.4) is 0 Å². The highest BCUT2D eigenvalue weighted by molar-refractivity contribution is 5.78. The Labute approximate surface area is 135 Å². The van der Waals surface area contributed by atoms with Crippen molar-refractivity contribution >= 4 is 5.91 Å². The quantitative estimate of drug-likeness (QED) is 0.781. The van der Waals surface area contributed by atoms with E-state index in [-0.39, 0.29) is 18.4 Å². The van der Waals surface area contributed by atoms with Crippen LogP contribution in [0.1, 0.15) is 24.2 Å². The largest absolute Gasteiger partial charge is 0.356 e. The van der Waals surface area contributed by atoms with Crippen LogP contribution in [0.4, 0.5) is 0 Å². The van der Waals surface area contributed by atoms with Crippen molar-refractivity contribution in [3.63, 3.8) is 0 Å². The van der Waals surface area contributed by atoms with Crippen LogP contribution in [0, 0.1) is 0 Å². The normalized spacial score (nSPS) is 11.9. The SMILES string of the molecule is C[C@@H](NC(=O)Cc1cc(-c2ccccc2)on1)c1ccccc1. The standard InChI is InChI=1S/C19H18N2O2/c1-14(15-8-4-2-5-9-15)20-19(22)13-17-12-18(23-21-17)16-10-6-3-7-11-16/h2-12,14H,13H2,1H3,(H,20,22)/t14-/m1/s1. The molecule has 0 aliphatic rings. The lowest BCUT2D eigenvalue weighted by molar-refractivity contribution is -0.121. The summed E-state index contributed by atoms with van der Waals surface area (Å²) in [6.45, 7) is 1.96. The number of amides is 1. The van der Waals surface area contributed by atoms with Gasteiger partial charge in [0.25, 0.3) is 0 Å². The lowest BCUT2D eigenvalue weighted by Gasteiger charge is -2.13. The molecule has 1 N–H and O–H groups in total. The van der Waals surface area contributed by atoms with E-state index in [0.29, 0.717) is 11.5 Å². The molecule has 116 valence electrons. The van der Waals surface area contributed by atoms with E-state index in [0.717, 1.165) is 11.1 Å². The smallest absolute Gasteiger partial charge is 0.226 e. The average molecular weight is 306 g/mol. The highest BCUT2D eigenvalue weighted by Gasteiger charge is 2.13. The molecular weight excluding hydrogens is 288 g/mol. The second kappa shape index (κ2) is 6.92. The van der Waals surface area contributed by atoms with Gasteiger partial charge in [-0.2, -0.15) is 0 Å². The number of hydrogen-bond donors (Lipinski definition) is 1. The molecule has 1 amide bonds. The van der Waals surface area contributed by atoms with Gasteiger partial charge in [-0.25, -0.2) is 0 Å². The molecule has 3 aromatic rings. The van der Waals surface area contributed by atoms with Crippen molar-refractivity contribution in [2.24, 2.45) is 0 Å². The van der Waals surface area contributed by atoms with Crippen LogP contribution < -0.4 is 5.32 Å². The van der Waals surface area contributed by atoms with E-state index >= 15 is 0 Å². The molecule has 23 heavy (non-hydrogen) atoms. The van der Waals surface area contributed by atoms with Crippen molar-refractivity contribution in [3.8, 4) is 11.3 Å². The lowest BCUT2D eigenvalue weighted by atomic mass is 10.1. The van der Waals surface area contributed by atoms with Crippen LogP contribution in [0.5, 0.6) is 0 Å². The Bertz CT molecular complexity index is 766. The molecular formula is C19H18N2O2. The fraction of sp³-hybridized carbons (Fsp3) is 0.158. The minimum Gasteiger partial charge on any atom is -0.356 e. The van der Waals surface area contributed by atoms with Gasteiger partial charge in [0.15, 0.2) is 5.76 Å². The van der Waals surface area contributed by atoms with Crippen LogP contribution in [0.15, 0.2) is 71.3 Å². The lowest BCUT2D eigenvalue weighted by Crippen LogP contribution is -2.28. The maximum absolute atomic E-state index is 12.1. The van der Waals surface area contributed by atoms with Crippen LogP contribution in [0.2, 0.25) is 0 Å². The Balaban J connectivity index is 1.61. The third kappa shape index (κ3) is 3.86. The number of aromatic nitrogens is 1. The van der Waals surface area contributed by atoms with Gasteiger partial charge < -0.3 is 9.84 Å². The summed E-state index contributed by atoms with van der Waals surface area (Å²) >= 11 is 0. The third-order valence-corrected chi connectivity index (χ3v) is 3.64. The molecule has 0 saturated carbocycles. The maximum atomic E-state index is 12.1. The van der Waals surface area contributed by atoms with Crippen LogP contribution in [-0.4, -0.2) is 11.1 Å². The molecule has 4 heteroatoms. The molecule has 0 fully saturated rings. The van der Waals surface area contributed by atoms with Crippen molar-refractivity contribution in [2.45, 2.75) is 19.4 Å². The topological polar surface area (TPSA) is 55.1 Å². The molecule has 0 spiro atoms. The van der Waals surface area contributed by atoms with Crippen molar-refractivity contribution in [3.05, 3.63) is 78.0 Å². The molecule has 0 aliphatic carbocycles. The van der Waals surface area contributed by atoms with Gasteiger partial charge in [0.1, 0.15) is 0 Å². The minimum absolute atomic E-state index is 0.0378. The number of nitrogens with zero attached hydrogens (tertiary/aromatic N) is 1. The summed E-state index contributed by atoms with van der Waals surface area (Å²) < 4.78 is 5.31. The van der Waals surface area contributed by atoms with Crippen molar-refractivity contribution in [1.82, 2.24) is 10.5 Å². The summed E-state index contributed by atoms with van der Waals surface area (Å²) in [5, 5.41) is 6.95. The average Bonchev–Trinajstić information content (AvgIpc) is 3.04. The molecule has 0 aliphatic heterocycles. The minimum atomic E-state index is -0.0748. The number of hydrogen-bond acceptors (Lipinski definition) is 3. The van der Waals surface area contributed by atoms with Crippen molar-refractivity contribution < 1.29 is 9.32 Å². The third-order valence-electron chi connectivity index (χ3n) is 3.64. The summed E-state index contributed by atoms with van der Waals surface area (Å²) in [7, 11) is 0. The molecule has 1 heterocycles. The monoisotopic (exact) mass is 306 g/mol. The molecule has 0 saturated heterocycles. The molecule has 0 unspecified atom stereocenters. The zero-order chi connectivity index (χ0) is 16.1. The zero-order valence-electron chi connectivity index (χ0n) is 12.9. The molecule has 4 nitrogen and oxygen atoms in total. The number of carbonyl (C=O) groups excluding carboxylic acids is 1. The van der Waals surface area contributed by atoms with E-state index in [9.17, 15) is 4.79 Å². The van der Waals surface area contributed by atoms with Gasteiger partial charge >= 0.3 is 0 Å². The highest BCUT2D eigenvalue weighted by atomic mass is 16.5. The number of benzene rings is 2. The van der Waals surface area contributed by atoms with Crippen molar-refractivity contribution in [2.75, 3.05) is 0 Å². The number of carbonyl (C=O) groups is 1. The number of nitrogens with one attached hydrogen (secondary N) is 1. The Morgan fingerprint density at radius 2 is 1.74 bits per heavy atom. The molecule has 2 aromatic carbocycles. The predicted octanol–water partition coefficient (Wildman–Crippen LogP) is 3.76. The summed E-state index contributed by atoms with van der Waals surface area (Å²) in [4.78, 5) is 12.1. The molecule has 0 radical (unpaired) electrons. The van der Waals surface area contributed by atoms with Gasteiger partial charge in [0, 0.05) is 11.6 Å². The van der Waals surface area contributed by atoms with E-state index in [1.54, 1.807) is 0 Å². The molecule has 1 aromatic heterocycles. The van der Waals surface area contributed by atoms with E-state index in [2.05, 4.69) is 10.5 Å². The van der Waals surface area contributed by atoms with E-state index in [4.69, 9.17) is 4.52 Å². The Kier molecular flexibility index (Phi) is 4.52. The Hall–Kier alpha value is -2.88. The Morgan fingerprint density at radius 3 is 2.43 bits per heavy atom. The fourth-order valence-electron chi connectivity index (χ4n) is 2.42. The predicted molar refractivity (Wildman–Crippen MR) is 88.6 cm³/mol. The summed E-state index contributed by atoms with van der Waals surface area (Å²) in [6.07, 6.45) is 0.202. The fourth-order valence-corrected chi connectivity index (χ4v) is 2.42. The van der Waals surface area contributed by atoms with E-state index in [1.165, 1.54) is 0 Å². The summed E-state index contributed by atoms with van der Waals surface area (Å²) in [5.41, 5.74) is 2.65. The first kappa shape index (κ1) is 15.0. The molecule has 3 rings (SSSR count). The van der Waals surface area contributed by atoms with Gasteiger partial charge in [-0.05, 0) is 12.5 Å². The highest BCUT2D eigenvalue weighted by Crippen LogP contribution is 2.20. The second-order valence-electron chi connectivity index (χ2n) is 5.43. The van der Waals surface area contributed by atoms with Gasteiger partial charge in [-0.15, -0.1) is 0 Å². The molecule has 0 bridgehead atoms.